The van der Waals surface area contributed by atoms with Crippen molar-refractivity contribution in [3.05, 3.63) is 59.0 Å². The van der Waals surface area contributed by atoms with Crippen LogP contribution in [0, 0.1) is 0 Å². The molecular weight excluding hydrogens is 338 g/mol. The third-order valence-electron chi connectivity index (χ3n) is 2.38. The van der Waals surface area contributed by atoms with Crippen LogP contribution in [-0.4, -0.2) is 18.5 Å². The lowest BCUT2D eigenvalue weighted by molar-refractivity contribution is -0.142. The molecule has 2 rings (SSSR count). The van der Waals surface area contributed by atoms with Gasteiger partial charge in [0.1, 0.15) is 5.76 Å². The minimum absolute atomic E-state index is 0.353. The Morgan fingerprint density at radius 3 is 2.86 bits per heavy atom. The molecule has 2 aromatic rings. The molecular formula is C15H12BrNO4. The van der Waals surface area contributed by atoms with E-state index in [0.29, 0.717) is 11.4 Å². The summed E-state index contributed by atoms with van der Waals surface area (Å²) in [5, 5.41) is 2.62. The number of ether oxygens (including phenoxy) is 1. The first-order valence-electron chi connectivity index (χ1n) is 6.07. The highest BCUT2D eigenvalue weighted by Gasteiger charge is 2.06. The number of nitrogens with one attached hydrogen (secondary N) is 1. The molecule has 0 radical (unpaired) electrons. The Bertz CT molecular complexity index is 649. The fourth-order valence-corrected chi connectivity index (χ4v) is 1.88. The summed E-state index contributed by atoms with van der Waals surface area (Å²) in [6.45, 7) is -0.353. The van der Waals surface area contributed by atoms with Gasteiger partial charge in [-0.25, -0.2) is 4.79 Å². The number of carbonyl (C=O) groups excluding carboxylic acids is 2. The zero-order chi connectivity index (χ0) is 15.1. The van der Waals surface area contributed by atoms with Crippen LogP contribution in [0.4, 0.5) is 5.69 Å². The number of carbonyl (C=O) groups is 2. The predicted octanol–water partition coefficient (Wildman–Crippen LogP) is 3.24. The molecule has 1 N–H and O–H groups in total. The number of rotatable bonds is 5. The molecule has 0 saturated carbocycles. The fourth-order valence-electron chi connectivity index (χ4n) is 1.48. The highest BCUT2D eigenvalue weighted by atomic mass is 79.9. The second-order valence-corrected chi connectivity index (χ2v) is 4.93. The first-order valence-corrected chi connectivity index (χ1v) is 6.86. The summed E-state index contributed by atoms with van der Waals surface area (Å²) < 4.78 is 10.7. The summed E-state index contributed by atoms with van der Waals surface area (Å²) in [4.78, 5) is 23.0. The van der Waals surface area contributed by atoms with Crippen molar-refractivity contribution in [2.45, 2.75) is 0 Å². The van der Waals surface area contributed by atoms with Crippen LogP contribution in [-0.2, 0) is 14.3 Å². The van der Waals surface area contributed by atoms with E-state index in [2.05, 4.69) is 21.2 Å². The van der Waals surface area contributed by atoms with Crippen LogP contribution in [0.2, 0.25) is 0 Å². The summed E-state index contributed by atoms with van der Waals surface area (Å²) in [5.74, 6) is -0.492. The van der Waals surface area contributed by atoms with E-state index >= 15 is 0 Å². The Morgan fingerprint density at radius 2 is 2.14 bits per heavy atom. The molecule has 0 aliphatic rings. The van der Waals surface area contributed by atoms with Gasteiger partial charge < -0.3 is 14.5 Å². The van der Waals surface area contributed by atoms with Gasteiger partial charge in [-0.3, -0.25) is 4.79 Å². The molecule has 0 unspecified atom stereocenters. The molecule has 0 aliphatic carbocycles. The lowest BCUT2D eigenvalue weighted by atomic mass is 10.3. The average Bonchev–Trinajstić information content (AvgIpc) is 2.96. The first-order chi connectivity index (χ1) is 10.1. The van der Waals surface area contributed by atoms with Crippen molar-refractivity contribution in [1.29, 1.82) is 0 Å². The Kier molecular flexibility index (Phi) is 5.34. The van der Waals surface area contributed by atoms with Crippen LogP contribution >= 0.6 is 15.9 Å². The maximum absolute atomic E-state index is 11.6. The maximum Gasteiger partial charge on any atom is 0.331 e. The Morgan fingerprint density at radius 1 is 1.29 bits per heavy atom. The number of esters is 1. The SMILES string of the molecule is O=C(COC(=O)/C=C/c1ccco1)Nc1cccc(Br)c1. The van der Waals surface area contributed by atoms with E-state index in [0.717, 1.165) is 4.47 Å². The molecule has 1 aromatic carbocycles. The molecule has 0 saturated heterocycles. The zero-order valence-corrected chi connectivity index (χ0v) is 12.5. The number of amides is 1. The zero-order valence-electron chi connectivity index (χ0n) is 10.9. The summed E-state index contributed by atoms with van der Waals surface area (Å²) in [6.07, 6.45) is 4.16. The molecule has 5 nitrogen and oxygen atoms in total. The van der Waals surface area contributed by atoms with E-state index in [4.69, 9.17) is 9.15 Å². The van der Waals surface area contributed by atoms with E-state index < -0.39 is 11.9 Å². The molecule has 0 fully saturated rings. The number of benzene rings is 1. The van der Waals surface area contributed by atoms with Gasteiger partial charge in [-0.05, 0) is 36.4 Å². The van der Waals surface area contributed by atoms with Gasteiger partial charge in [-0.1, -0.05) is 22.0 Å². The molecule has 1 amide bonds. The first kappa shape index (κ1) is 15.1. The molecule has 21 heavy (non-hydrogen) atoms. The Hall–Kier alpha value is -2.34. The highest BCUT2D eigenvalue weighted by molar-refractivity contribution is 9.10. The van der Waals surface area contributed by atoms with Gasteiger partial charge in [0.25, 0.3) is 5.91 Å². The number of furan rings is 1. The molecule has 1 aromatic heterocycles. The standard InChI is InChI=1S/C15H12BrNO4/c16-11-3-1-4-12(9-11)17-14(18)10-21-15(19)7-6-13-5-2-8-20-13/h1-9H,10H2,(H,17,18)/b7-6+. The van der Waals surface area contributed by atoms with Crippen molar-refractivity contribution in [1.82, 2.24) is 0 Å². The normalized spacial score (nSPS) is 10.5. The smallest absolute Gasteiger partial charge is 0.331 e. The molecule has 0 bridgehead atoms. The van der Waals surface area contributed by atoms with Gasteiger partial charge >= 0.3 is 5.97 Å². The van der Waals surface area contributed by atoms with Crippen molar-refractivity contribution in [2.75, 3.05) is 11.9 Å². The molecule has 108 valence electrons. The maximum atomic E-state index is 11.6. The average molecular weight is 350 g/mol. The minimum Gasteiger partial charge on any atom is -0.465 e. The van der Waals surface area contributed by atoms with Crippen molar-refractivity contribution in [2.24, 2.45) is 0 Å². The summed E-state index contributed by atoms with van der Waals surface area (Å²) in [7, 11) is 0. The second kappa shape index (κ2) is 7.44. The van der Waals surface area contributed by atoms with Crippen molar-refractivity contribution in [3.8, 4) is 0 Å². The predicted molar refractivity (Wildman–Crippen MR) is 81.5 cm³/mol. The van der Waals surface area contributed by atoms with E-state index in [1.165, 1.54) is 18.4 Å². The second-order valence-electron chi connectivity index (χ2n) is 4.01. The molecule has 6 heteroatoms. The van der Waals surface area contributed by atoms with Crippen LogP contribution in [0.15, 0.2) is 57.6 Å². The van der Waals surface area contributed by atoms with E-state index in [-0.39, 0.29) is 6.61 Å². The monoisotopic (exact) mass is 349 g/mol. The Labute approximate surface area is 129 Å². The van der Waals surface area contributed by atoms with Crippen molar-refractivity contribution in [3.63, 3.8) is 0 Å². The van der Waals surface area contributed by atoms with Gasteiger partial charge in [0.15, 0.2) is 6.61 Å². The van der Waals surface area contributed by atoms with Crippen LogP contribution in [0.1, 0.15) is 5.76 Å². The Balaban J connectivity index is 1.77. The minimum atomic E-state index is -0.615. The fraction of sp³-hybridized carbons (Fsp3) is 0.0667. The van der Waals surface area contributed by atoms with Gasteiger partial charge in [-0.15, -0.1) is 0 Å². The topological polar surface area (TPSA) is 68.5 Å². The van der Waals surface area contributed by atoms with Crippen LogP contribution in [0.25, 0.3) is 6.08 Å². The van der Waals surface area contributed by atoms with Gasteiger partial charge in [0.2, 0.25) is 0 Å². The summed E-state index contributed by atoms with van der Waals surface area (Å²) in [6, 6.07) is 10.5. The molecule has 1 heterocycles. The number of hydrogen-bond acceptors (Lipinski definition) is 4. The molecule has 0 spiro atoms. The largest absolute Gasteiger partial charge is 0.465 e. The summed E-state index contributed by atoms with van der Waals surface area (Å²) in [5.41, 5.74) is 0.622. The van der Waals surface area contributed by atoms with Crippen LogP contribution < -0.4 is 5.32 Å². The van der Waals surface area contributed by atoms with Crippen molar-refractivity contribution < 1.29 is 18.7 Å². The lowest BCUT2D eigenvalue weighted by Crippen LogP contribution is -2.20. The van der Waals surface area contributed by atoms with Gasteiger partial charge in [0, 0.05) is 16.2 Å². The van der Waals surface area contributed by atoms with Crippen LogP contribution in [0.5, 0.6) is 0 Å². The molecule has 0 atom stereocenters. The third-order valence-corrected chi connectivity index (χ3v) is 2.87. The summed E-state index contributed by atoms with van der Waals surface area (Å²) >= 11 is 3.30. The lowest BCUT2D eigenvalue weighted by Gasteiger charge is -2.05. The van der Waals surface area contributed by atoms with E-state index in [1.54, 1.807) is 30.3 Å². The highest BCUT2D eigenvalue weighted by Crippen LogP contribution is 2.15. The van der Waals surface area contributed by atoms with Gasteiger partial charge in [-0.2, -0.15) is 0 Å². The quantitative estimate of drug-likeness (QED) is 0.664. The third kappa shape index (κ3) is 5.27. The number of halogens is 1. The number of anilines is 1. The number of hydrogen-bond donors (Lipinski definition) is 1. The van der Waals surface area contributed by atoms with E-state index in [1.807, 2.05) is 6.07 Å². The van der Waals surface area contributed by atoms with Gasteiger partial charge in [0.05, 0.1) is 6.26 Å². The van der Waals surface area contributed by atoms with Crippen LogP contribution in [0.3, 0.4) is 0 Å². The van der Waals surface area contributed by atoms with Crippen molar-refractivity contribution >= 4 is 39.6 Å². The van der Waals surface area contributed by atoms with E-state index in [9.17, 15) is 9.59 Å². The molecule has 0 aliphatic heterocycles.